The minimum absolute atomic E-state index is 0.0925. The molecule has 4 heteroatoms. The SMILES string of the molecule is CC(=O)C(Nc1ncccn1)C(C)(C)C. The zero-order chi connectivity index (χ0) is 11.5. The topological polar surface area (TPSA) is 54.9 Å². The van der Waals surface area contributed by atoms with E-state index in [4.69, 9.17) is 0 Å². The lowest BCUT2D eigenvalue weighted by Crippen LogP contribution is -2.40. The lowest BCUT2D eigenvalue weighted by molar-refractivity contribution is -0.119. The second kappa shape index (κ2) is 4.38. The van der Waals surface area contributed by atoms with Crippen molar-refractivity contribution in [1.29, 1.82) is 0 Å². The Morgan fingerprint density at radius 2 is 1.87 bits per heavy atom. The molecule has 0 saturated heterocycles. The molecule has 0 bridgehead atoms. The number of nitrogens with zero attached hydrogens (tertiary/aromatic N) is 2. The summed E-state index contributed by atoms with van der Waals surface area (Å²) in [5.41, 5.74) is -0.148. The summed E-state index contributed by atoms with van der Waals surface area (Å²) in [6.07, 6.45) is 3.30. The van der Waals surface area contributed by atoms with Gasteiger partial charge in [-0.05, 0) is 18.4 Å². The predicted octanol–water partition coefficient (Wildman–Crippen LogP) is 1.89. The molecule has 1 aromatic rings. The Hall–Kier alpha value is -1.45. The maximum absolute atomic E-state index is 11.5. The fraction of sp³-hybridized carbons (Fsp3) is 0.545. The summed E-state index contributed by atoms with van der Waals surface area (Å²) in [5, 5.41) is 3.05. The van der Waals surface area contributed by atoms with Crippen molar-refractivity contribution >= 4 is 11.7 Å². The van der Waals surface area contributed by atoms with Gasteiger partial charge in [0.15, 0.2) is 5.78 Å². The number of hydrogen-bond acceptors (Lipinski definition) is 4. The van der Waals surface area contributed by atoms with Gasteiger partial charge in [-0.2, -0.15) is 0 Å². The van der Waals surface area contributed by atoms with Crippen LogP contribution in [-0.2, 0) is 4.79 Å². The number of Topliss-reactive ketones (excluding diaryl/α,β-unsaturated/α-hetero) is 1. The number of carbonyl (C=O) groups is 1. The molecular formula is C11H17N3O. The van der Waals surface area contributed by atoms with E-state index in [9.17, 15) is 4.79 Å². The first kappa shape index (κ1) is 11.6. The Morgan fingerprint density at radius 1 is 1.33 bits per heavy atom. The molecule has 1 N–H and O–H groups in total. The van der Waals surface area contributed by atoms with Crippen LogP contribution in [0.3, 0.4) is 0 Å². The van der Waals surface area contributed by atoms with Gasteiger partial charge in [0, 0.05) is 12.4 Å². The molecule has 15 heavy (non-hydrogen) atoms. The molecule has 0 saturated carbocycles. The second-order valence-electron chi connectivity index (χ2n) is 4.63. The van der Waals surface area contributed by atoms with Crippen molar-refractivity contribution < 1.29 is 4.79 Å². The van der Waals surface area contributed by atoms with E-state index in [1.165, 1.54) is 0 Å². The smallest absolute Gasteiger partial charge is 0.223 e. The van der Waals surface area contributed by atoms with Crippen molar-refractivity contribution in [3.05, 3.63) is 18.5 Å². The molecule has 0 aliphatic rings. The Morgan fingerprint density at radius 3 is 2.27 bits per heavy atom. The molecule has 0 amide bonds. The molecule has 0 spiro atoms. The monoisotopic (exact) mass is 207 g/mol. The van der Waals surface area contributed by atoms with Crippen LogP contribution in [0.5, 0.6) is 0 Å². The molecule has 1 aromatic heterocycles. The standard InChI is InChI=1S/C11H17N3O/c1-8(15)9(11(2,3)4)14-10-12-6-5-7-13-10/h5-7,9H,1-4H3,(H,12,13,14). The number of ketones is 1. The van der Waals surface area contributed by atoms with Gasteiger partial charge in [-0.3, -0.25) is 4.79 Å². The number of hydrogen-bond donors (Lipinski definition) is 1. The highest BCUT2D eigenvalue weighted by atomic mass is 16.1. The van der Waals surface area contributed by atoms with Crippen LogP contribution in [0, 0.1) is 5.41 Å². The number of anilines is 1. The Labute approximate surface area is 90.1 Å². The van der Waals surface area contributed by atoms with E-state index >= 15 is 0 Å². The zero-order valence-electron chi connectivity index (χ0n) is 9.61. The minimum atomic E-state index is -0.264. The summed E-state index contributed by atoms with van der Waals surface area (Å²) in [5.74, 6) is 0.586. The predicted molar refractivity (Wildman–Crippen MR) is 59.6 cm³/mol. The van der Waals surface area contributed by atoms with Crippen molar-refractivity contribution in [2.75, 3.05) is 5.32 Å². The van der Waals surface area contributed by atoms with Gasteiger partial charge in [-0.25, -0.2) is 9.97 Å². The normalized spacial score (nSPS) is 13.3. The van der Waals surface area contributed by atoms with Crippen LogP contribution < -0.4 is 5.32 Å². The number of carbonyl (C=O) groups excluding carboxylic acids is 1. The molecule has 1 heterocycles. The van der Waals surface area contributed by atoms with E-state index < -0.39 is 0 Å². The molecular weight excluding hydrogens is 190 g/mol. The third-order valence-corrected chi connectivity index (χ3v) is 2.11. The third kappa shape index (κ3) is 3.31. The third-order valence-electron chi connectivity index (χ3n) is 2.11. The summed E-state index contributed by atoms with van der Waals surface area (Å²) in [7, 11) is 0. The molecule has 0 aliphatic heterocycles. The molecule has 1 unspecified atom stereocenters. The summed E-state index contributed by atoms with van der Waals surface area (Å²) in [6, 6.07) is 1.48. The van der Waals surface area contributed by atoms with Gasteiger partial charge in [0.05, 0.1) is 6.04 Å². The van der Waals surface area contributed by atoms with Gasteiger partial charge in [0.2, 0.25) is 5.95 Å². The lowest BCUT2D eigenvalue weighted by atomic mass is 9.84. The van der Waals surface area contributed by atoms with Crippen molar-refractivity contribution in [2.24, 2.45) is 5.41 Å². The van der Waals surface area contributed by atoms with Gasteiger partial charge in [-0.15, -0.1) is 0 Å². The van der Waals surface area contributed by atoms with Crippen molar-refractivity contribution in [3.8, 4) is 0 Å². The molecule has 1 rings (SSSR count). The highest BCUT2D eigenvalue weighted by molar-refractivity contribution is 5.84. The molecule has 1 atom stereocenters. The maximum Gasteiger partial charge on any atom is 0.223 e. The summed E-state index contributed by atoms with van der Waals surface area (Å²) < 4.78 is 0. The second-order valence-corrected chi connectivity index (χ2v) is 4.63. The highest BCUT2D eigenvalue weighted by Gasteiger charge is 2.28. The van der Waals surface area contributed by atoms with Crippen LogP contribution in [-0.4, -0.2) is 21.8 Å². The average Bonchev–Trinajstić information content (AvgIpc) is 2.13. The molecule has 0 radical (unpaired) electrons. The minimum Gasteiger partial charge on any atom is -0.344 e. The van der Waals surface area contributed by atoms with E-state index in [0.29, 0.717) is 5.95 Å². The van der Waals surface area contributed by atoms with Gasteiger partial charge in [0.25, 0.3) is 0 Å². The molecule has 82 valence electrons. The van der Waals surface area contributed by atoms with E-state index in [1.807, 2.05) is 20.8 Å². The zero-order valence-corrected chi connectivity index (χ0v) is 9.61. The maximum atomic E-state index is 11.5. The summed E-state index contributed by atoms with van der Waals surface area (Å²) in [4.78, 5) is 19.6. The van der Waals surface area contributed by atoms with Gasteiger partial charge in [0.1, 0.15) is 0 Å². The highest BCUT2D eigenvalue weighted by Crippen LogP contribution is 2.22. The average molecular weight is 207 g/mol. The van der Waals surface area contributed by atoms with Crippen molar-refractivity contribution in [1.82, 2.24) is 9.97 Å². The van der Waals surface area contributed by atoms with E-state index in [1.54, 1.807) is 25.4 Å². The molecule has 0 aromatic carbocycles. The number of nitrogens with one attached hydrogen (secondary N) is 1. The van der Waals surface area contributed by atoms with Crippen LogP contribution in [0.15, 0.2) is 18.5 Å². The van der Waals surface area contributed by atoms with Gasteiger partial charge in [-0.1, -0.05) is 20.8 Å². The summed E-state index contributed by atoms with van der Waals surface area (Å²) in [6.45, 7) is 7.60. The molecule has 0 fully saturated rings. The van der Waals surface area contributed by atoms with Crippen LogP contribution in [0.25, 0.3) is 0 Å². The largest absolute Gasteiger partial charge is 0.344 e. The molecule has 0 aliphatic carbocycles. The Balaban J connectivity index is 2.82. The quantitative estimate of drug-likeness (QED) is 0.822. The van der Waals surface area contributed by atoms with Crippen LogP contribution in [0.1, 0.15) is 27.7 Å². The van der Waals surface area contributed by atoms with Gasteiger partial charge >= 0.3 is 0 Å². The number of aromatic nitrogens is 2. The van der Waals surface area contributed by atoms with E-state index in [2.05, 4.69) is 15.3 Å². The lowest BCUT2D eigenvalue weighted by Gasteiger charge is -2.29. The Bertz CT molecular complexity index is 329. The van der Waals surface area contributed by atoms with Crippen LogP contribution >= 0.6 is 0 Å². The number of rotatable bonds is 3. The first-order valence-corrected chi connectivity index (χ1v) is 4.95. The van der Waals surface area contributed by atoms with Crippen molar-refractivity contribution in [3.63, 3.8) is 0 Å². The van der Waals surface area contributed by atoms with Crippen LogP contribution in [0.4, 0.5) is 5.95 Å². The fourth-order valence-corrected chi connectivity index (χ4v) is 1.43. The first-order valence-electron chi connectivity index (χ1n) is 4.95. The van der Waals surface area contributed by atoms with E-state index in [-0.39, 0.29) is 17.2 Å². The summed E-state index contributed by atoms with van der Waals surface area (Å²) >= 11 is 0. The van der Waals surface area contributed by atoms with E-state index in [0.717, 1.165) is 0 Å². The fourth-order valence-electron chi connectivity index (χ4n) is 1.43. The first-order chi connectivity index (χ1) is 6.91. The van der Waals surface area contributed by atoms with Crippen molar-refractivity contribution in [2.45, 2.75) is 33.7 Å². The molecule has 4 nitrogen and oxygen atoms in total. The van der Waals surface area contributed by atoms with Crippen LogP contribution in [0.2, 0.25) is 0 Å². The Kier molecular flexibility index (Phi) is 3.39. The van der Waals surface area contributed by atoms with Gasteiger partial charge < -0.3 is 5.32 Å².